The van der Waals surface area contributed by atoms with Crippen LogP contribution >= 0.6 is 11.3 Å². The van der Waals surface area contributed by atoms with E-state index in [1.807, 2.05) is 11.0 Å². The molecule has 158 valence electrons. The van der Waals surface area contributed by atoms with Gasteiger partial charge in [0.2, 0.25) is 0 Å². The van der Waals surface area contributed by atoms with Crippen molar-refractivity contribution in [1.29, 1.82) is 0 Å². The fourth-order valence-electron chi connectivity index (χ4n) is 4.39. The molecule has 1 saturated heterocycles. The molecule has 2 aromatic carbocycles. The van der Waals surface area contributed by atoms with Crippen LogP contribution in [0.4, 0.5) is 0 Å². The summed E-state index contributed by atoms with van der Waals surface area (Å²) in [4.78, 5) is 18.0. The highest BCUT2D eigenvalue weighted by Gasteiger charge is 2.26. The molecule has 0 saturated carbocycles. The minimum atomic E-state index is 0.148. The van der Waals surface area contributed by atoms with E-state index in [9.17, 15) is 4.79 Å². The van der Waals surface area contributed by atoms with Gasteiger partial charge in [-0.05, 0) is 41.1 Å². The van der Waals surface area contributed by atoms with Gasteiger partial charge in [-0.1, -0.05) is 54.6 Å². The van der Waals surface area contributed by atoms with Crippen LogP contribution in [0.3, 0.4) is 0 Å². The molecule has 1 amide bonds. The molecule has 4 aromatic rings. The smallest absolute Gasteiger partial charge is 0.270 e. The Bertz CT molecular complexity index is 1190. The first-order valence-corrected chi connectivity index (χ1v) is 11.7. The second-order valence-electron chi connectivity index (χ2n) is 8.27. The molecule has 0 bridgehead atoms. The normalized spacial score (nSPS) is 14.9. The maximum Gasteiger partial charge on any atom is 0.270 e. The molecule has 0 N–H and O–H groups in total. The first-order valence-electron chi connectivity index (χ1n) is 10.9. The molecule has 4 nitrogen and oxygen atoms in total. The molecule has 5 rings (SSSR count). The first-order chi connectivity index (χ1) is 15.2. The molecular weight excluding hydrogens is 402 g/mol. The Morgan fingerprint density at radius 1 is 0.903 bits per heavy atom. The lowest BCUT2D eigenvalue weighted by Crippen LogP contribution is -2.48. The monoisotopic (exact) mass is 429 g/mol. The van der Waals surface area contributed by atoms with Crippen LogP contribution < -0.4 is 0 Å². The molecule has 2 aromatic heterocycles. The Morgan fingerprint density at radius 3 is 2.42 bits per heavy atom. The van der Waals surface area contributed by atoms with Crippen molar-refractivity contribution in [2.75, 3.05) is 26.2 Å². The molecule has 1 fully saturated rings. The molecule has 3 heterocycles. The summed E-state index contributed by atoms with van der Waals surface area (Å²) in [6.07, 6.45) is 0. The number of aromatic nitrogens is 1. The summed E-state index contributed by atoms with van der Waals surface area (Å²) >= 11 is 1.70. The maximum absolute atomic E-state index is 13.5. The number of thiophene rings is 1. The number of fused-ring (bicyclic) bond motifs is 1. The highest BCUT2D eigenvalue weighted by atomic mass is 32.1. The van der Waals surface area contributed by atoms with Crippen LogP contribution in [-0.4, -0.2) is 46.5 Å². The Labute approximate surface area is 187 Å². The summed E-state index contributed by atoms with van der Waals surface area (Å²) in [7, 11) is 0. The van der Waals surface area contributed by atoms with Gasteiger partial charge in [0.25, 0.3) is 5.91 Å². The van der Waals surface area contributed by atoms with Crippen LogP contribution in [0.15, 0.2) is 72.1 Å². The third-order valence-electron chi connectivity index (χ3n) is 6.24. The molecule has 0 radical (unpaired) electrons. The SMILES string of the molecule is Cc1ccccc1CN1CCN(C(=O)c2cc3sccc3n2Cc2ccccc2)CC1. The Balaban J connectivity index is 1.31. The van der Waals surface area contributed by atoms with Crippen molar-refractivity contribution in [3.63, 3.8) is 0 Å². The number of carbonyl (C=O) groups is 1. The zero-order valence-electron chi connectivity index (χ0n) is 17.8. The van der Waals surface area contributed by atoms with Gasteiger partial charge in [0.1, 0.15) is 5.69 Å². The van der Waals surface area contributed by atoms with Crippen molar-refractivity contribution < 1.29 is 4.79 Å². The van der Waals surface area contributed by atoms with Crippen molar-refractivity contribution >= 4 is 27.5 Å². The first kappa shape index (κ1) is 20.0. The fraction of sp³-hybridized carbons (Fsp3) is 0.269. The predicted octanol–water partition coefficient (Wildman–Crippen LogP) is 5.02. The molecular formula is C26H27N3OS. The minimum Gasteiger partial charge on any atom is -0.335 e. The molecule has 0 unspecified atom stereocenters. The number of aryl methyl sites for hydroxylation is 1. The lowest BCUT2D eigenvalue weighted by Gasteiger charge is -2.35. The van der Waals surface area contributed by atoms with E-state index in [0.29, 0.717) is 0 Å². The van der Waals surface area contributed by atoms with Gasteiger partial charge in [-0.25, -0.2) is 0 Å². The molecule has 1 aliphatic rings. The van der Waals surface area contributed by atoms with Crippen LogP contribution in [0, 0.1) is 6.92 Å². The highest BCUT2D eigenvalue weighted by molar-refractivity contribution is 7.17. The van der Waals surface area contributed by atoms with E-state index in [1.54, 1.807) is 11.3 Å². The summed E-state index contributed by atoms with van der Waals surface area (Å²) in [5.74, 6) is 0.148. The van der Waals surface area contributed by atoms with E-state index in [4.69, 9.17) is 0 Å². The topological polar surface area (TPSA) is 28.5 Å². The van der Waals surface area contributed by atoms with Gasteiger partial charge in [-0.2, -0.15) is 0 Å². The minimum absolute atomic E-state index is 0.148. The second-order valence-corrected chi connectivity index (χ2v) is 9.21. The standard InChI is InChI=1S/C26H27N3OS/c1-20-7-5-6-10-22(20)19-27-12-14-28(15-13-27)26(30)24-17-25-23(11-16-31-25)29(24)18-21-8-3-2-4-9-21/h2-11,16-17H,12-15,18-19H2,1H3. The highest BCUT2D eigenvalue weighted by Crippen LogP contribution is 2.27. The van der Waals surface area contributed by atoms with Gasteiger partial charge in [0, 0.05) is 39.3 Å². The van der Waals surface area contributed by atoms with Gasteiger partial charge < -0.3 is 9.47 Å². The van der Waals surface area contributed by atoms with Gasteiger partial charge in [-0.3, -0.25) is 9.69 Å². The van der Waals surface area contributed by atoms with Gasteiger partial charge >= 0.3 is 0 Å². The van der Waals surface area contributed by atoms with Gasteiger partial charge in [0.15, 0.2) is 0 Å². The number of piperazine rings is 1. The van der Waals surface area contributed by atoms with Crippen LogP contribution in [0.5, 0.6) is 0 Å². The molecule has 5 heteroatoms. The quantitative estimate of drug-likeness (QED) is 0.446. The summed E-state index contributed by atoms with van der Waals surface area (Å²) in [6, 6.07) is 23.1. The fourth-order valence-corrected chi connectivity index (χ4v) is 5.21. The van der Waals surface area contributed by atoms with Gasteiger partial charge in [0.05, 0.1) is 10.2 Å². The average Bonchev–Trinajstić information content (AvgIpc) is 3.39. The van der Waals surface area contributed by atoms with E-state index >= 15 is 0 Å². The molecule has 0 aliphatic carbocycles. The van der Waals surface area contributed by atoms with E-state index in [1.165, 1.54) is 21.4 Å². The maximum atomic E-state index is 13.5. The summed E-state index contributed by atoms with van der Waals surface area (Å²) in [5, 5.41) is 2.10. The van der Waals surface area contributed by atoms with Crippen molar-refractivity contribution in [3.8, 4) is 0 Å². The van der Waals surface area contributed by atoms with Crippen molar-refractivity contribution in [3.05, 3.63) is 94.5 Å². The third kappa shape index (κ3) is 4.16. The number of hydrogen-bond donors (Lipinski definition) is 0. The van der Waals surface area contributed by atoms with Crippen molar-refractivity contribution in [2.24, 2.45) is 0 Å². The second kappa shape index (κ2) is 8.69. The van der Waals surface area contributed by atoms with Crippen LogP contribution in [0.25, 0.3) is 10.2 Å². The summed E-state index contributed by atoms with van der Waals surface area (Å²) < 4.78 is 3.36. The predicted molar refractivity (Wildman–Crippen MR) is 128 cm³/mol. The number of benzene rings is 2. The molecule has 31 heavy (non-hydrogen) atoms. The number of hydrogen-bond acceptors (Lipinski definition) is 3. The average molecular weight is 430 g/mol. The Morgan fingerprint density at radius 2 is 1.65 bits per heavy atom. The van der Waals surface area contributed by atoms with Crippen LogP contribution in [-0.2, 0) is 13.1 Å². The van der Waals surface area contributed by atoms with Crippen molar-refractivity contribution in [1.82, 2.24) is 14.4 Å². The number of nitrogens with zero attached hydrogens (tertiary/aromatic N) is 3. The lowest BCUT2D eigenvalue weighted by molar-refractivity contribution is 0.0618. The summed E-state index contributed by atoms with van der Waals surface area (Å²) in [6.45, 7) is 7.21. The van der Waals surface area contributed by atoms with Crippen LogP contribution in [0.2, 0.25) is 0 Å². The molecule has 0 spiro atoms. The lowest BCUT2D eigenvalue weighted by atomic mass is 10.1. The largest absolute Gasteiger partial charge is 0.335 e. The van der Waals surface area contributed by atoms with E-state index in [-0.39, 0.29) is 5.91 Å². The van der Waals surface area contributed by atoms with Gasteiger partial charge in [-0.15, -0.1) is 11.3 Å². The van der Waals surface area contributed by atoms with E-state index in [0.717, 1.165) is 50.5 Å². The zero-order valence-corrected chi connectivity index (χ0v) is 18.6. The van der Waals surface area contributed by atoms with Crippen molar-refractivity contribution in [2.45, 2.75) is 20.0 Å². The number of amides is 1. The summed E-state index contributed by atoms with van der Waals surface area (Å²) in [5.41, 5.74) is 5.87. The van der Waals surface area contributed by atoms with E-state index < -0.39 is 0 Å². The Kier molecular flexibility index (Phi) is 5.62. The van der Waals surface area contributed by atoms with Crippen LogP contribution in [0.1, 0.15) is 27.2 Å². The number of rotatable bonds is 5. The molecule has 1 aliphatic heterocycles. The van der Waals surface area contributed by atoms with E-state index in [2.05, 4.69) is 82.4 Å². The third-order valence-corrected chi connectivity index (χ3v) is 7.09. The molecule has 0 atom stereocenters. The zero-order chi connectivity index (χ0) is 21.2. The Hall–Kier alpha value is -2.89. The number of carbonyl (C=O) groups excluding carboxylic acids is 1.